The van der Waals surface area contributed by atoms with Crippen molar-refractivity contribution >= 4 is 23.4 Å². The van der Waals surface area contributed by atoms with Gasteiger partial charge < -0.3 is 4.57 Å². The van der Waals surface area contributed by atoms with Gasteiger partial charge in [0, 0.05) is 21.8 Å². The fraction of sp³-hybridized carbons (Fsp3) is 0. The fourth-order valence-electron chi connectivity index (χ4n) is 1.87. The lowest BCUT2D eigenvalue weighted by molar-refractivity contribution is 0.956. The van der Waals surface area contributed by atoms with Gasteiger partial charge in [0.15, 0.2) is 0 Å². The normalized spacial score (nSPS) is 10.6. The van der Waals surface area contributed by atoms with E-state index in [9.17, 15) is 0 Å². The molecule has 1 nitrogen and oxygen atoms in total. The van der Waals surface area contributed by atoms with E-state index in [4.69, 9.17) is 11.6 Å². The van der Waals surface area contributed by atoms with Gasteiger partial charge in [0.2, 0.25) is 0 Å². The summed E-state index contributed by atoms with van der Waals surface area (Å²) in [7, 11) is 0. The zero-order valence-corrected chi connectivity index (χ0v) is 11.7. The van der Waals surface area contributed by atoms with Crippen molar-refractivity contribution in [3.63, 3.8) is 0 Å². The number of aromatic nitrogens is 1. The Labute approximate surface area is 121 Å². The van der Waals surface area contributed by atoms with Crippen LogP contribution in [-0.2, 0) is 0 Å². The van der Waals surface area contributed by atoms with Crippen molar-refractivity contribution in [3.8, 4) is 5.69 Å². The molecule has 3 aromatic rings. The number of nitrogens with zero attached hydrogens (tertiary/aromatic N) is 1. The molecule has 3 heteroatoms. The molecule has 0 radical (unpaired) electrons. The first-order chi connectivity index (χ1) is 9.33. The number of halogens is 1. The van der Waals surface area contributed by atoms with Gasteiger partial charge in [-0.1, -0.05) is 41.6 Å². The Morgan fingerprint density at radius 3 is 2.26 bits per heavy atom. The van der Waals surface area contributed by atoms with Crippen molar-refractivity contribution in [1.29, 1.82) is 0 Å². The van der Waals surface area contributed by atoms with E-state index in [0.717, 1.165) is 5.02 Å². The highest BCUT2D eigenvalue weighted by Crippen LogP contribution is 2.30. The van der Waals surface area contributed by atoms with Crippen LogP contribution in [0.5, 0.6) is 0 Å². The molecule has 0 N–H and O–H groups in total. The molecule has 0 saturated carbocycles. The van der Waals surface area contributed by atoms with Crippen LogP contribution in [0.4, 0.5) is 0 Å². The maximum absolute atomic E-state index is 5.91. The van der Waals surface area contributed by atoms with E-state index in [2.05, 4.69) is 35.0 Å². The lowest BCUT2D eigenvalue weighted by atomic mass is 10.3. The molecule has 0 spiro atoms. The number of benzene rings is 2. The summed E-state index contributed by atoms with van der Waals surface area (Å²) in [6.07, 6.45) is 2.08. The molecule has 0 atom stereocenters. The van der Waals surface area contributed by atoms with Crippen LogP contribution >= 0.6 is 23.4 Å². The highest BCUT2D eigenvalue weighted by Gasteiger charge is 2.04. The quantitative estimate of drug-likeness (QED) is 0.633. The topological polar surface area (TPSA) is 4.93 Å². The van der Waals surface area contributed by atoms with Crippen molar-refractivity contribution in [1.82, 2.24) is 4.57 Å². The molecule has 0 aliphatic heterocycles. The zero-order chi connectivity index (χ0) is 13.1. The van der Waals surface area contributed by atoms with E-state index in [1.54, 1.807) is 11.8 Å². The van der Waals surface area contributed by atoms with Gasteiger partial charge in [0.1, 0.15) is 0 Å². The molecular formula is C16H12ClNS. The zero-order valence-electron chi connectivity index (χ0n) is 10.2. The molecule has 0 bridgehead atoms. The molecule has 0 saturated heterocycles. The molecule has 0 amide bonds. The fourth-order valence-corrected chi connectivity index (χ4v) is 2.92. The Morgan fingerprint density at radius 1 is 0.789 bits per heavy atom. The van der Waals surface area contributed by atoms with Gasteiger partial charge in [-0.25, -0.2) is 0 Å². The van der Waals surface area contributed by atoms with Gasteiger partial charge >= 0.3 is 0 Å². The molecule has 0 unspecified atom stereocenters. The molecule has 3 rings (SSSR count). The van der Waals surface area contributed by atoms with Gasteiger partial charge in [-0.2, -0.15) is 0 Å². The number of hydrogen-bond acceptors (Lipinski definition) is 1. The van der Waals surface area contributed by atoms with Gasteiger partial charge in [0.05, 0.1) is 5.03 Å². The summed E-state index contributed by atoms with van der Waals surface area (Å²) in [6, 6.07) is 22.4. The van der Waals surface area contributed by atoms with Crippen LogP contribution in [0.3, 0.4) is 0 Å². The molecule has 19 heavy (non-hydrogen) atoms. The Hall–Kier alpha value is -1.64. The van der Waals surface area contributed by atoms with E-state index in [0.29, 0.717) is 0 Å². The van der Waals surface area contributed by atoms with Crippen LogP contribution in [0.2, 0.25) is 5.02 Å². The second-order valence-electron chi connectivity index (χ2n) is 4.11. The summed E-state index contributed by atoms with van der Waals surface area (Å²) in [5.41, 5.74) is 1.17. The monoisotopic (exact) mass is 285 g/mol. The second-order valence-corrected chi connectivity index (χ2v) is 5.64. The van der Waals surface area contributed by atoms with Crippen LogP contribution in [0, 0.1) is 0 Å². The number of para-hydroxylation sites is 1. The summed E-state index contributed by atoms with van der Waals surface area (Å²) in [4.78, 5) is 1.18. The van der Waals surface area contributed by atoms with E-state index < -0.39 is 0 Å². The minimum atomic E-state index is 0.766. The van der Waals surface area contributed by atoms with Crippen LogP contribution in [0.25, 0.3) is 5.69 Å². The summed E-state index contributed by atoms with van der Waals surface area (Å²) in [5.74, 6) is 0. The molecule has 1 heterocycles. The first-order valence-electron chi connectivity index (χ1n) is 5.99. The van der Waals surface area contributed by atoms with Crippen molar-refractivity contribution in [2.45, 2.75) is 9.92 Å². The van der Waals surface area contributed by atoms with Crippen molar-refractivity contribution in [3.05, 3.63) is 77.9 Å². The summed E-state index contributed by atoms with van der Waals surface area (Å²) in [6.45, 7) is 0. The van der Waals surface area contributed by atoms with Gasteiger partial charge in [-0.15, -0.1) is 0 Å². The second kappa shape index (κ2) is 5.55. The Bertz CT molecular complexity index is 659. The Balaban J connectivity index is 1.91. The predicted octanol–water partition coefficient (Wildman–Crippen LogP) is 5.28. The average molecular weight is 286 g/mol. The largest absolute Gasteiger partial charge is 0.311 e. The third-order valence-corrected chi connectivity index (χ3v) is 4.08. The maximum Gasteiger partial charge on any atom is 0.0842 e. The molecule has 0 aliphatic rings. The van der Waals surface area contributed by atoms with Gasteiger partial charge in [-0.05, 0) is 48.5 Å². The van der Waals surface area contributed by atoms with Crippen molar-refractivity contribution in [2.24, 2.45) is 0 Å². The van der Waals surface area contributed by atoms with Crippen LogP contribution in [0.1, 0.15) is 0 Å². The van der Waals surface area contributed by atoms with E-state index in [1.807, 2.05) is 42.5 Å². The molecular weight excluding hydrogens is 274 g/mol. The predicted molar refractivity (Wildman–Crippen MR) is 81.3 cm³/mol. The lowest BCUT2D eigenvalue weighted by Crippen LogP contribution is -1.92. The molecule has 2 aromatic carbocycles. The first kappa shape index (κ1) is 12.4. The van der Waals surface area contributed by atoms with E-state index >= 15 is 0 Å². The SMILES string of the molecule is Clc1ccc(Sc2cccn2-c2ccccc2)cc1. The van der Waals surface area contributed by atoms with E-state index in [1.165, 1.54) is 15.6 Å². The van der Waals surface area contributed by atoms with Crippen LogP contribution in [0.15, 0.2) is 82.8 Å². The molecule has 1 aromatic heterocycles. The maximum atomic E-state index is 5.91. The smallest absolute Gasteiger partial charge is 0.0842 e. The summed E-state index contributed by atoms with van der Waals surface area (Å²) >= 11 is 7.63. The minimum Gasteiger partial charge on any atom is -0.311 e. The summed E-state index contributed by atoms with van der Waals surface area (Å²) < 4.78 is 2.18. The van der Waals surface area contributed by atoms with Crippen LogP contribution < -0.4 is 0 Å². The highest BCUT2D eigenvalue weighted by atomic mass is 35.5. The number of hydrogen-bond donors (Lipinski definition) is 0. The minimum absolute atomic E-state index is 0.766. The molecule has 0 fully saturated rings. The first-order valence-corrected chi connectivity index (χ1v) is 7.18. The number of rotatable bonds is 3. The van der Waals surface area contributed by atoms with Crippen LogP contribution in [-0.4, -0.2) is 4.57 Å². The third kappa shape index (κ3) is 2.86. The van der Waals surface area contributed by atoms with E-state index in [-0.39, 0.29) is 0 Å². The van der Waals surface area contributed by atoms with Gasteiger partial charge in [0.25, 0.3) is 0 Å². The molecule has 94 valence electrons. The molecule has 0 aliphatic carbocycles. The summed E-state index contributed by atoms with van der Waals surface area (Å²) in [5, 5.41) is 1.95. The standard InChI is InChI=1S/C16H12ClNS/c17-13-8-10-15(11-9-13)19-16-7-4-12-18(16)14-5-2-1-3-6-14/h1-12H. The lowest BCUT2D eigenvalue weighted by Gasteiger charge is -2.08. The Kier molecular flexibility index (Phi) is 3.62. The highest BCUT2D eigenvalue weighted by molar-refractivity contribution is 7.99. The average Bonchev–Trinajstić information content (AvgIpc) is 2.90. The third-order valence-electron chi connectivity index (χ3n) is 2.78. The van der Waals surface area contributed by atoms with Crippen molar-refractivity contribution < 1.29 is 0 Å². The van der Waals surface area contributed by atoms with Crippen molar-refractivity contribution in [2.75, 3.05) is 0 Å². The Morgan fingerprint density at radius 2 is 1.53 bits per heavy atom. The van der Waals surface area contributed by atoms with Gasteiger partial charge in [-0.3, -0.25) is 0 Å².